The summed E-state index contributed by atoms with van der Waals surface area (Å²) < 4.78 is 61.0. The van der Waals surface area contributed by atoms with Crippen molar-refractivity contribution in [2.45, 2.75) is 82.1 Å². The maximum absolute atomic E-state index is 14.1. The summed E-state index contributed by atoms with van der Waals surface area (Å²) in [5.74, 6) is -4.20. The summed E-state index contributed by atoms with van der Waals surface area (Å²) in [5.41, 5.74) is -0.448. The molecule has 11 nitrogen and oxygen atoms in total. The highest BCUT2D eigenvalue weighted by Crippen LogP contribution is 2.47. The number of nitrogens with one attached hydrogen (secondary N) is 2. The Morgan fingerprint density at radius 2 is 1.72 bits per heavy atom. The molecule has 1 aliphatic heterocycles. The van der Waals surface area contributed by atoms with Gasteiger partial charge in [0.2, 0.25) is 11.7 Å². The summed E-state index contributed by atoms with van der Waals surface area (Å²) in [6, 6.07) is 11.4. The molecule has 50 heavy (non-hydrogen) atoms. The molecule has 1 saturated heterocycles. The number of methoxy groups -OCH3 is 2. The number of nitrogens with zero attached hydrogens (tertiary/aromatic N) is 1. The third kappa shape index (κ3) is 9.07. The lowest BCUT2D eigenvalue weighted by Gasteiger charge is -2.40. The quantitative estimate of drug-likeness (QED) is 0.124. The summed E-state index contributed by atoms with van der Waals surface area (Å²) in [6.07, 6.45) is -1.33. The Morgan fingerprint density at radius 1 is 1.00 bits per heavy atom. The molecule has 1 heterocycles. The van der Waals surface area contributed by atoms with Crippen LogP contribution in [0.4, 0.5) is 13.2 Å². The second kappa shape index (κ2) is 17.4. The predicted molar refractivity (Wildman–Crippen MR) is 178 cm³/mol. The summed E-state index contributed by atoms with van der Waals surface area (Å²) in [4.78, 5) is 41.2. The number of carbonyl (C=O) groups excluding carboxylic acids is 3. The molecule has 0 unspecified atom stereocenters. The first-order valence-electron chi connectivity index (χ1n) is 17.0. The van der Waals surface area contributed by atoms with Crippen LogP contribution in [-0.2, 0) is 19.7 Å². The molecule has 2 amide bonds. The largest absolute Gasteiger partial charge is 0.493 e. The van der Waals surface area contributed by atoms with Gasteiger partial charge in [-0.15, -0.1) is 0 Å². The number of aliphatic hydroxyl groups excluding tert-OH is 1. The predicted octanol–water partition coefficient (Wildman–Crippen LogP) is 4.40. The third-order valence-electron chi connectivity index (χ3n) is 9.36. The second-order valence-electron chi connectivity index (χ2n) is 13.0. The number of benzene rings is 2. The highest BCUT2D eigenvalue weighted by Gasteiger charge is 2.51. The van der Waals surface area contributed by atoms with Crippen LogP contribution >= 0.6 is 0 Å². The Balaban J connectivity index is 1.45. The van der Waals surface area contributed by atoms with Gasteiger partial charge in [0.05, 0.1) is 31.3 Å². The number of hydrogen-bond donors (Lipinski definition) is 3. The van der Waals surface area contributed by atoms with Crippen molar-refractivity contribution in [3.05, 3.63) is 53.6 Å². The molecular weight excluding hydrogens is 659 g/mol. The molecule has 276 valence electrons. The van der Waals surface area contributed by atoms with E-state index in [9.17, 15) is 32.7 Å². The molecule has 0 spiro atoms. The molecule has 3 atom stereocenters. The number of ether oxygens (including phenoxy) is 4. The molecule has 0 bridgehead atoms. The highest BCUT2D eigenvalue weighted by molar-refractivity contribution is 6.00. The number of amides is 2. The summed E-state index contributed by atoms with van der Waals surface area (Å²) in [7, 11) is 2.77. The van der Waals surface area contributed by atoms with Gasteiger partial charge in [-0.3, -0.25) is 9.59 Å². The average Bonchev–Trinajstić information content (AvgIpc) is 3.94. The number of piperidine rings is 1. The molecule has 2 aromatic carbocycles. The van der Waals surface area contributed by atoms with Gasteiger partial charge >= 0.3 is 12.1 Å². The van der Waals surface area contributed by atoms with E-state index in [1.165, 1.54) is 26.4 Å². The van der Waals surface area contributed by atoms with Crippen LogP contribution in [0.2, 0.25) is 0 Å². The maximum atomic E-state index is 14.1. The molecule has 0 radical (unpaired) electrons. The maximum Gasteiger partial charge on any atom is 0.491 e. The third-order valence-corrected chi connectivity index (χ3v) is 9.36. The fourth-order valence-electron chi connectivity index (χ4n) is 6.66. The van der Waals surface area contributed by atoms with Crippen LogP contribution in [0.1, 0.15) is 68.3 Å². The number of carbonyl (C=O) groups is 3. The van der Waals surface area contributed by atoms with E-state index in [2.05, 4.69) is 10.6 Å². The lowest BCUT2D eigenvalue weighted by atomic mass is 9.75. The molecule has 14 heteroatoms. The Hall–Kier alpha value is -3.88. The molecule has 2 fully saturated rings. The van der Waals surface area contributed by atoms with Crippen molar-refractivity contribution in [3.8, 4) is 17.2 Å². The summed E-state index contributed by atoms with van der Waals surface area (Å²) in [6.45, 7) is 4.40. The van der Waals surface area contributed by atoms with Gasteiger partial charge in [-0.25, -0.2) is 4.79 Å². The summed E-state index contributed by atoms with van der Waals surface area (Å²) >= 11 is 0. The minimum Gasteiger partial charge on any atom is -0.493 e. The number of halogens is 3. The van der Waals surface area contributed by atoms with E-state index in [0.29, 0.717) is 45.4 Å². The lowest BCUT2D eigenvalue weighted by molar-refractivity contribution is -0.189. The van der Waals surface area contributed by atoms with Crippen LogP contribution in [-0.4, -0.2) is 99.2 Å². The number of alkyl halides is 3. The Kier molecular flexibility index (Phi) is 13.5. The molecule has 1 saturated carbocycles. The van der Waals surface area contributed by atoms with E-state index in [-0.39, 0.29) is 60.2 Å². The van der Waals surface area contributed by atoms with E-state index in [4.69, 9.17) is 18.9 Å². The van der Waals surface area contributed by atoms with Gasteiger partial charge in [0.25, 0.3) is 5.91 Å². The SMILES string of the molecule is COCCCOc1c(OC)ccc(C(=O)N(C(C)C)[C@@H]2CC[C@H](CCNC(=O)[C@@](CO)(c3ccccc3)C3CC3)NC2)c1OC(=O)C(F)(F)F. The number of aliphatic hydroxyl groups is 1. The first-order valence-corrected chi connectivity index (χ1v) is 17.0. The zero-order valence-electron chi connectivity index (χ0n) is 29.0. The Bertz CT molecular complexity index is 1450. The van der Waals surface area contributed by atoms with Crippen LogP contribution < -0.4 is 24.8 Å². The van der Waals surface area contributed by atoms with Crippen LogP contribution in [0.15, 0.2) is 42.5 Å². The molecule has 3 N–H and O–H groups in total. The molecule has 0 aromatic heterocycles. The minimum atomic E-state index is -5.32. The lowest BCUT2D eigenvalue weighted by Crippen LogP contribution is -2.54. The van der Waals surface area contributed by atoms with Crippen molar-refractivity contribution in [2.24, 2.45) is 5.92 Å². The molecule has 1 aliphatic carbocycles. The molecule has 2 aromatic rings. The minimum absolute atomic E-state index is 0.00544. The smallest absolute Gasteiger partial charge is 0.491 e. The van der Waals surface area contributed by atoms with Gasteiger partial charge < -0.3 is 39.6 Å². The van der Waals surface area contributed by atoms with Crippen molar-refractivity contribution in [1.29, 1.82) is 0 Å². The number of hydrogen-bond acceptors (Lipinski definition) is 9. The van der Waals surface area contributed by atoms with Crippen LogP contribution in [0.5, 0.6) is 17.2 Å². The first-order chi connectivity index (χ1) is 23.9. The van der Waals surface area contributed by atoms with Crippen molar-refractivity contribution < 1.29 is 51.6 Å². The fourth-order valence-corrected chi connectivity index (χ4v) is 6.66. The van der Waals surface area contributed by atoms with Crippen LogP contribution in [0.3, 0.4) is 0 Å². The first kappa shape index (κ1) is 38.9. The van der Waals surface area contributed by atoms with Gasteiger partial charge in [0.15, 0.2) is 11.5 Å². The average molecular weight is 708 g/mol. The van der Waals surface area contributed by atoms with Crippen molar-refractivity contribution in [1.82, 2.24) is 15.5 Å². The van der Waals surface area contributed by atoms with Gasteiger partial charge in [0.1, 0.15) is 0 Å². The molecule has 2 aliphatic rings. The topological polar surface area (TPSA) is 136 Å². The molecular formula is C36H48F3N3O8. The number of esters is 1. The Morgan fingerprint density at radius 3 is 2.28 bits per heavy atom. The van der Waals surface area contributed by atoms with Crippen LogP contribution in [0, 0.1) is 5.92 Å². The van der Waals surface area contributed by atoms with Gasteiger partial charge in [-0.2, -0.15) is 13.2 Å². The summed E-state index contributed by atoms with van der Waals surface area (Å²) in [5, 5.41) is 16.9. The van der Waals surface area contributed by atoms with Gasteiger partial charge in [0, 0.05) is 51.4 Å². The van der Waals surface area contributed by atoms with Crippen molar-refractivity contribution in [3.63, 3.8) is 0 Å². The number of rotatable bonds is 17. The standard InChI is InChI=1S/C36H48F3N3O8/c1-23(2)42(32(44)28-15-16-29(48-4)31(49-20-8-19-47-3)30(28)50-34(46)36(37,38)39)27-14-13-26(41-21-27)17-18-40-33(45)35(22-43,25-11-12-25)24-9-6-5-7-10-24/h5-7,9-10,15-16,23,25-27,41,43H,8,11-14,17-22H2,1-4H3,(H,40,45)/t26-,27-,35+/m1/s1. The van der Waals surface area contributed by atoms with E-state index in [1.54, 1.807) is 18.7 Å². The van der Waals surface area contributed by atoms with Crippen molar-refractivity contribution >= 4 is 17.8 Å². The monoisotopic (exact) mass is 707 g/mol. The molecule has 4 rings (SSSR count). The van der Waals surface area contributed by atoms with E-state index >= 15 is 0 Å². The van der Waals surface area contributed by atoms with Crippen LogP contribution in [0.25, 0.3) is 0 Å². The van der Waals surface area contributed by atoms with Crippen molar-refractivity contribution in [2.75, 3.05) is 47.1 Å². The van der Waals surface area contributed by atoms with E-state index in [1.807, 2.05) is 30.3 Å². The zero-order valence-corrected chi connectivity index (χ0v) is 29.0. The second-order valence-corrected chi connectivity index (χ2v) is 13.0. The zero-order chi connectivity index (χ0) is 36.5. The fraction of sp³-hybridized carbons (Fsp3) is 0.583. The highest BCUT2D eigenvalue weighted by atomic mass is 19.4. The van der Waals surface area contributed by atoms with E-state index < -0.39 is 29.2 Å². The van der Waals surface area contributed by atoms with Gasteiger partial charge in [-0.1, -0.05) is 30.3 Å². The van der Waals surface area contributed by atoms with E-state index in [0.717, 1.165) is 18.4 Å². The van der Waals surface area contributed by atoms with Gasteiger partial charge in [-0.05, 0) is 69.6 Å². The Labute approximate surface area is 290 Å². The normalized spacial score (nSPS) is 19.0.